The summed E-state index contributed by atoms with van der Waals surface area (Å²) in [5.74, 6) is 0. The van der Waals surface area contributed by atoms with Crippen LogP contribution in [0.1, 0.15) is 103 Å². The van der Waals surface area contributed by atoms with Gasteiger partial charge in [0.05, 0.1) is 0 Å². The van der Waals surface area contributed by atoms with E-state index in [9.17, 15) is 0 Å². The van der Waals surface area contributed by atoms with Crippen molar-refractivity contribution in [2.45, 2.75) is 110 Å². The molecule has 0 saturated carbocycles. The average Bonchev–Trinajstić information content (AvgIpc) is 2.71. The Kier molecular flexibility index (Phi) is 15.0. The molecule has 2 rings (SSSR count). The summed E-state index contributed by atoms with van der Waals surface area (Å²) < 4.78 is 2.41. The van der Waals surface area contributed by atoms with Crippen LogP contribution in [0.4, 0.5) is 0 Å². The second-order valence-corrected chi connectivity index (χ2v) is 8.21. The maximum Gasteiger partial charge on any atom is 0.212 e. The van der Waals surface area contributed by atoms with Crippen LogP contribution in [0, 0.1) is 0 Å². The quantitative estimate of drug-likeness (QED) is 0.274. The van der Waals surface area contributed by atoms with Crippen LogP contribution >= 0.6 is 0 Å². The Morgan fingerprint density at radius 3 is 1.61 bits per heavy atom. The summed E-state index contributed by atoms with van der Waals surface area (Å²) in [7, 11) is 0. The Hall–Kier alpha value is -1.08. The second-order valence-electron chi connectivity index (χ2n) is 8.21. The second kappa shape index (κ2) is 16.8. The maximum atomic E-state index is 2.41. The Bertz CT molecular complexity index is 605. The molecule has 1 heterocycles. The largest absolute Gasteiger partial charge is 1.00 e. The van der Waals surface area contributed by atoms with Gasteiger partial charge in [-0.15, -0.1) is 0 Å². The van der Waals surface area contributed by atoms with E-state index < -0.39 is 0 Å². The van der Waals surface area contributed by atoms with Gasteiger partial charge >= 0.3 is 0 Å². The summed E-state index contributed by atoms with van der Waals surface area (Å²) in [5, 5.41) is 1.35. The predicted molar refractivity (Wildman–Crippen MR) is 119 cm³/mol. The fourth-order valence-electron chi connectivity index (χ4n) is 4.07. The number of aromatic nitrogens is 1. The SMILES string of the molecule is CCCCCCCCCCCCCCCCC[n+]1cccc2ccccc21.[Cl-]. The summed E-state index contributed by atoms with van der Waals surface area (Å²) in [4.78, 5) is 0. The monoisotopic (exact) mass is 403 g/mol. The summed E-state index contributed by atoms with van der Waals surface area (Å²) in [6.45, 7) is 3.45. The van der Waals surface area contributed by atoms with Crippen LogP contribution in [-0.4, -0.2) is 0 Å². The summed E-state index contributed by atoms with van der Waals surface area (Å²) in [6.07, 6.45) is 23.7. The van der Waals surface area contributed by atoms with Crippen LogP contribution in [0.3, 0.4) is 0 Å². The van der Waals surface area contributed by atoms with Gasteiger partial charge in [-0.1, -0.05) is 103 Å². The molecule has 0 aliphatic heterocycles. The van der Waals surface area contributed by atoms with Crippen LogP contribution in [-0.2, 0) is 6.54 Å². The normalized spacial score (nSPS) is 10.9. The predicted octanol–water partition coefficient (Wildman–Crippen LogP) is 5.00. The number of benzene rings is 1. The molecule has 0 unspecified atom stereocenters. The van der Waals surface area contributed by atoms with Crippen LogP contribution in [0.2, 0.25) is 0 Å². The van der Waals surface area contributed by atoms with Gasteiger partial charge in [0.1, 0.15) is 6.54 Å². The molecule has 0 spiro atoms. The molecule has 0 fully saturated rings. The van der Waals surface area contributed by atoms with E-state index in [4.69, 9.17) is 0 Å². The molecule has 1 nitrogen and oxygen atoms in total. The number of fused-ring (bicyclic) bond motifs is 1. The number of unbranched alkanes of at least 4 members (excludes halogenated alkanes) is 14. The van der Waals surface area contributed by atoms with Crippen molar-refractivity contribution in [1.82, 2.24) is 0 Å². The Balaban J connectivity index is 0.00000392. The fourth-order valence-corrected chi connectivity index (χ4v) is 4.07. The number of aryl methyl sites for hydroxylation is 1. The number of pyridine rings is 1. The number of rotatable bonds is 16. The Labute approximate surface area is 180 Å². The lowest BCUT2D eigenvalue weighted by atomic mass is 10.0. The zero-order valence-corrected chi connectivity index (χ0v) is 18.9. The highest BCUT2D eigenvalue weighted by molar-refractivity contribution is 5.74. The smallest absolute Gasteiger partial charge is 0.212 e. The molecule has 0 saturated heterocycles. The number of para-hydroxylation sites is 1. The van der Waals surface area contributed by atoms with E-state index in [2.05, 4.69) is 54.1 Å². The van der Waals surface area contributed by atoms with Crippen LogP contribution < -0.4 is 17.0 Å². The molecule has 0 radical (unpaired) electrons. The lowest BCUT2D eigenvalue weighted by Gasteiger charge is -2.03. The fraction of sp³-hybridized carbons (Fsp3) is 0.654. The topological polar surface area (TPSA) is 3.88 Å². The maximum absolute atomic E-state index is 2.41. The highest BCUT2D eigenvalue weighted by atomic mass is 35.5. The number of hydrogen-bond donors (Lipinski definition) is 0. The summed E-state index contributed by atoms with van der Waals surface area (Å²) >= 11 is 0. The summed E-state index contributed by atoms with van der Waals surface area (Å²) in [6, 6.07) is 13.1. The molecule has 28 heavy (non-hydrogen) atoms. The average molecular weight is 404 g/mol. The first kappa shape index (κ1) is 25.0. The minimum atomic E-state index is 0. The van der Waals surface area contributed by atoms with E-state index in [1.807, 2.05) is 0 Å². The molecule has 0 aliphatic rings. The first-order valence-electron chi connectivity index (χ1n) is 11.8. The molecular weight excluding hydrogens is 362 g/mol. The van der Waals surface area contributed by atoms with Gasteiger partial charge in [0, 0.05) is 23.9 Å². The molecule has 0 aliphatic carbocycles. The van der Waals surface area contributed by atoms with Crippen molar-refractivity contribution in [3.05, 3.63) is 42.6 Å². The van der Waals surface area contributed by atoms with Gasteiger partial charge in [-0.3, -0.25) is 0 Å². The first-order chi connectivity index (χ1) is 13.4. The lowest BCUT2D eigenvalue weighted by molar-refractivity contribution is -0.671. The third kappa shape index (κ3) is 10.5. The van der Waals surface area contributed by atoms with E-state index in [-0.39, 0.29) is 12.4 Å². The van der Waals surface area contributed by atoms with Gasteiger partial charge in [0.2, 0.25) is 5.52 Å². The number of nitrogens with zero attached hydrogens (tertiary/aromatic N) is 1. The summed E-state index contributed by atoms with van der Waals surface area (Å²) in [5.41, 5.74) is 1.37. The van der Waals surface area contributed by atoms with Gasteiger partial charge in [0.25, 0.3) is 0 Å². The molecule has 1 aromatic heterocycles. The van der Waals surface area contributed by atoms with Gasteiger partial charge in [-0.25, -0.2) is 0 Å². The van der Waals surface area contributed by atoms with Gasteiger partial charge in [0.15, 0.2) is 6.20 Å². The number of hydrogen-bond acceptors (Lipinski definition) is 0. The van der Waals surface area contributed by atoms with Gasteiger partial charge in [-0.05, 0) is 18.6 Å². The molecule has 2 heteroatoms. The van der Waals surface area contributed by atoms with Gasteiger partial charge in [-0.2, -0.15) is 4.57 Å². The van der Waals surface area contributed by atoms with Crippen molar-refractivity contribution in [3.8, 4) is 0 Å². The van der Waals surface area contributed by atoms with E-state index in [1.54, 1.807) is 0 Å². The number of halogens is 1. The molecular formula is C26H42ClN. The first-order valence-corrected chi connectivity index (χ1v) is 11.8. The van der Waals surface area contributed by atoms with Crippen LogP contribution in [0.25, 0.3) is 10.9 Å². The van der Waals surface area contributed by atoms with E-state index in [1.165, 1.54) is 107 Å². The van der Waals surface area contributed by atoms with Crippen molar-refractivity contribution in [2.24, 2.45) is 0 Å². The molecule has 1 aromatic carbocycles. The third-order valence-corrected chi connectivity index (χ3v) is 5.79. The van der Waals surface area contributed by atoms with E-state index in [0.717, 1.165) is 6.54 Å². The molecule has 158 valence electrons. The third-order valence-electron chi connectivity index (χ3n) is 5.79. The minimum Gasteiger partial charge on any atom is -1.00 e. The standard InChI is InChI=1S/C26H42N.ClH/c1-2-3-4-5-6-7-8-9-10-11-12-13-14-15-18-23-27-24-19-21-25-20-16-17-22-26(25)27;/h16-17,19-22,24H,2-15,18,23H2,1H3;1H/q+1;/p-1. The Morgan fingerprint density at radius 1 is 0.571 bits per heavy atom. The van der Waals surface area contributed by atoms with E-state index >= 15 is 0 Å². The van der Waals surface area contributed by atoms with Crippen molar-refractivity contribution in [3.63, 3.8) is 0 Å². The Morgan fingerprint density at radius 2 is 1.04 bits per heavy atom. The van der Waals surface area contributed by atoms with Crippen molar-refractivity contribution < 1.29 is 17.0 Å². The highest BCUT2D eigenvalue weighted by Gasteiger charge is 2.06. The molecule has 0 atom stereocenters. The van der Waals surface area contributed by atoms with E-state index in [0.29, 0.717) is 0 Å². The van der Waals surface area contributed by atoms with Crippen molar-refractivity contribution in [2.75, 3.05) is 0 Å². The zero-order valence-electron chi connectivity index (χ0n) is 18.2. The molecule has 0 bridgehead atoms. The van der Waals surface area contributed by atoms with Crippen molar-refractivity contribution >= 4 is 10.9 Å². The van der Waals surface area contributed by atoms with Crippen molar-refractivity contribution in [1.29, 1.82) is 0 Å². The van der Waals surface area contributed by atoms with Crippen LogP contribution in [0.15, 0.2) is 42.6 Å². The highest BCUT2D eigenvalue weighted by Crippen LogP contribution is 2.13. The van der Waals surface area contributed by atoms with Gasteiger partial charge < -0.3 is 12.4 Å². The zero-order chi connectivity index (χ0) is 19.0. The lowest BCUT2D eigenvalue weighted by Crippen LogP contribution is -3.00. The molecule has 0 amide bonds. The minimum absolute atomic E-state index is 0. The molecule has 2 aromatic rings. The van der Waals surface area contributed by atoms with Crippen LogP contribution in [0.5, 0.6) is 0 Å². The molecule has 0 N–H and O–H groups in total.